The van der Waals surface area contributed by atoms with Crippen molar-refractivity contribution in [2.24, 2.45) is 0 Å². The van der Waals surface area contributed by atoms with Crippen LogP contribution in [0.3, 0.4) is 0 Å². The molecular weight excluding hydrogens is 328 g/mol. The van der Waals surface area contributed by atoms with E-state index in [1.807, 2.05) is 6.07 Å². The number of hydrogen-bond donors (Lipinski definition) is 0. The molecule has 1 aromatic heterocycles. The second kappa shape index (κ2) is 4.29. The topological polar surface area (TPSA) is 17.1 Å². The number of ketones is 1. The largest absolute Gasteiger partial charge is 0.288 e. The Bertz CT molecular complexity index is 387. The van der Waals surface area contributed by atoms with E-state index >= 15 is 0 Å². The van der Waals surface area contributed by atoms with Gasteiger partial charge >= 0.3 is 0 Å². The number of rotatable bonds is 2. The molecule has 0 aromatic carbocycles. The highest BCUT2D eigenvalue weighted by Crippen LogP contribution is 2.34. The SMILES string of the molecule is O=C(C1=CCCC1)c1cc(Br)c(Br)s1. The minimum Gasteiger partial charge on any atom is -0.288 e. The van der Waals surface area contributed by atoms with E-state index in [0.717, 1.165) is 38.0 Å². The Balaban J connectivity index is 2.26. The summed E-state index contributed by atoms with van der Waals surface area (Å²) in [5.41, 5.74) is 0.978. The Kier molecular flexibility index (Phi) is 3.24. The Morgan fingerprint density at radius 3 is 2.71 bits per heavy atom. The molecule has 74 valence electrons. The van der Waals surface area contributed by atoms with Crippen molar-refractivity contribution in [2.45, 2.75) is 19.3 Å². The van der Waals surface area contributed by atoms with Gasteiger partial charge in [0.15, 0.2) is 5.78 Å². The summed E-state index contributed by atoms with van der Waals surface area (Å²) in [4.78, 5) is 12.7. The molecule has 14 heavy (non-hydrogen) atoms. The third kappa shape index (κ3) is 2.02. The summed E-state index contributed by atoms with van der Waals surface area (Å²) in [5.74, 6) is 0.193. The first kappa shape index (κ1) is 10.6. The molecule has 0 N–H and O–H groups in total. The maximum atomic E-state index is 11.9. The highest BCUT2D eigenvalue weighted by molar-refractivity contribution is 9.13. The zero-order chi connectivity index (χ0) is 10.1. The van der Waals surface area contributed by atoms with Gasteiger partial charge in [0.2, 0.25) is 0 Å². The minimum absolute atomic E-state index is 0.193. The van der Waals surface area contributed by atoms with Crippen molar-refractivity contribution in [3.8, 4) is 0 Å². The second-order valence-corrected chi connectivity index (χ2v) is 6.41. The number of Topliss-reactive ketones (excluding diaryl/α,β-unsaturated/α-hetero) is 1. The molecule has 0 fully saturated rings. The average Bonchev–Trinajstić information content (AvgIpc) is 2.76. The Labute approximate surface area is 103 Å². The van der Waals surface area contributed by atoms with Crippen LogP contribution in [0.1, 0.15) is 28.9 Å². The average molecular weight is 336 g/mol. The van der Waals surface area contributed by atoms with Crippen LogP contribution in [0.5, 0.6) is 0 Å². The van der Waals surface area contributed by atoms with Crippen molar-refractivity contribution in [1.29, 1.82) is 0 Å². The molecule has 1 aliphatic rings. The molecule has 4 heteroatoms. The Morgan fingerprint density at radius 1 is 1.43 bits per heavy atom. The highest BCUT2D eigenvalue weighted by Gasteiger charge is 2.18. The fourth-order valence-corrected chi connectivity index (χ4v) is 3.50. The van der Waals surface area contributed by atoms with Crippen LogP contribution < -0.4 is 0 Å². The predicted octanol–water partition coefficient (Wildman–Crippen LogP) is 4.57. The lowest BCUT2D eigenvalue weighted by Crippen LogP contribution is -1.97. The summed E-state index contributed by atoms with van der Waals surface area (Å²) in [7, 11) is 0. The lowest BCUT2D eigenvalue weighted by atomic mass is 10.1. The summed E-state index contributed by atoms with van der Waals surface area (Å²) in [5, 5.41) is 0. The van der Waals surface area contributed by atoms with E-state index in [0.29, 0.717) is 0 Å². The van der Waals surface area contributed by atoms with Gasteiger partial charge in [0.05, 0.1) is 8.66 Å². The van der Waals surface area contributed by atoms with Crippen molar-refractivity contribution in [2.75, 3.05) is 0 Å². The third-order valence-corrected chi connectivity index (χ3v) is 5.46. The van der Waals surface area contributed by atoms with Crippen LogP contribution in [0.25, 0.3) is 0 Å². The lowest BCUT2D eigenvalue weighted by molar-refractivity contribution is 0.103. The monoisotopic (exact) mass is 334 g/mol. The van der Waals surface area contributed by atoms with Gasteiger partial charge in [-0.2, -0.15) is 0 Å². The van der Waals surface area contributed by atoms with Gasteiger partial charge in [-0.25, -0.2) is 0 Å². The van der Waals surface area contributed by atoms with Crippen LogP contribution >= 0.6 is 43.2 Å². The summed E-state index contributed by atoms with van der Waals surface area (Å²) < 4.78 is 1.95. The number of halogens is 2. The minimum atomic E-state index is 0.193. The summed E-state index contributed by atoms with van der Waals surface area (Å²) in [6.07, 6.45) is 5.17. The number of carbonyl (C=O) groups is 1. The molecule has 1 nitrogen and oxygen atoms in total. The Morgan fingerprint density at radius 2 is 2.21 bits per heavy atom. The van der Waals surface area contributed by atoms with Gasteiger partial charge in [0, 0.05) is 4.47 Å². The van der Waals surface area contributed by atoms with Crippen molar-refractivity contribution < 1.29 is 4.79 Å². The maximum absolute atomic E-state index is 11.9. The van der Waals surface area contributed by atoms with Crippen LogP contribution in [0.2, 0.25) is 0 Å². The third-order valence-electron chi connectivity index (χ3n) is 2.20. The van der Waals surface area contributed by atoms with Crippen LogP contribution in [0.4, 0.5) is 0 Å². The standard InChI is InChI=1S/C10H8Br2OS/c11-7-5-8(14-10(7)12)9(13)6-3-1-2-4-6/h3,5H,1-2,4H2. The van der Waals surface area contributed by atoms with Gasteiger partial charge in [0.1, 0.15) is 0 Å². The first-order chi connectivity index (χ1) is 6.68. The number of allylic oxidation sites excluding steroid dienone is 2. The van der Waals surface area contributed by atoms with Crippen LogP contribution in [-0.4, -0.2) is 5.78 Å². The summed E-state index contributed by atoms with van der Waals surface area (Å²) in [6, 6.07) is 1.89. The molecule has 0 bridgehead atoms. The molecule has 0 unspecified atom stereocenters. The smallest absolute Gasteiger partial charge is 0.198 e. The van der Waals surface area contributed by atoms with Gasteiger partial charge < -0.3 is 0 Å². The molecule has 0 radical (unpaired) electrons. The number of carbonyl (C=O) groups excluding carboxylic acids is 1. The number of hydrogen-bond acceptors (Lipinski definition) is 2. The fraction of sp³-hybridized carbons (Fsp3) is 0.300. The Hall–Kier alpha value is 0.0700. The van der Waals surface area contributed by atoms with Gasteiger partial charge in [-0.1, -0.05) is 6.08 Å². The molecule has 1 heterocycles. The molecule has 0 aliphatic heterocycles. The van der Waals surface area contributed by atoms with Gasteiger partial charge in [-0.3, -0.25) is 4.79 Å². The highest BCUT2D eigenvalue weighted by atomic mass is 79.9. The van der Waals surface area contributed by atoms with Crippen LogP contribution in [0, 0.1) is 0 Å². The maximum Gasteiger partial charge on any atom is 0.198 e. The van der Waals surface area contributed by atoms with E-state index in [1.165, 1.54) is 11.3 Å². The molecule has 1 aliphatic carbocycles. The first-order valence-electron chi connectivity index (χ1n) is 4.37. The molecular formula is C10H8Br2OS. The molecule has 2 rings (SSSR count). The van der Waals surface area contributed by atoms with E-state index < -0.39 is 0 Å². The predicted molar refractivity (Wildman–Crippen MR) is 66.0 cm³/mol. The zero-order valence-electron chi connectivity index (χ0n) is 7.35. The quantitative estimate of drug-likeness (QED) is 0.724. The van der Waals surface area contributed by atoms with Crippen molar-refractivity contribution >= 4 is 49.0 Å². The number of thiophene rings is 1. The molecule has 0 amide bonds. The fourth-order valence-electron chi connectivity index (χ4n) is 1.49. The normalized spacial score (nSPS) is 15.7. The molecule has 0 atom stereocenters. The van der Waals surface area contributed by atoms with E-state index in [9.17, 15) is 4.79 Å². The summed E-state index contributed by atoms with van der Waals surface area (Å²) in [6.45, 7) is 0. The van der Waals surface area contributed by atoms with E-state index in [1.54, 1.807) is 0 Å². The lowest BCUT2D eigenvalue weighted by Gasteiger charge is -1.96. The van der Waals surface area contributed by atoms with Gasteiger partial charge in [-0.15, -0.1) is 11.3 Å². The van der Waals surface area contributed by atoms with E-state index in [2.05, 4.69) is 37.9 Å². The summed E-state index contributed by atoms with van der Waals surface area (Å²) >= 11 is 8.27. The first-order valence-corrected chi connectivity index (χ1v) is 6.77. The molecule has 0 saturated heterocycles. The van der Waals surface area contributed by atoms with Crippen molar-refractivity contribution in [3.63, 3.8) is 0 Å². The van der Waals surface area contributed by atoms with Gasteiger partial charge in [-0.05, 0) is 62.8 Å². The molecule has 0 spiro atoms. The zero-order valence-corrected chi connectivity index (χ0v) is 11.3. The van der Waals surface area contributed by atoms with Crippen LogP contribution in [-0.2, 0) is 0 Å². The molecule has 1 aromatic rings. The van der Waals surface area contributed by atoms with Crippen molar-refractivity contribution in [1.82, 2.24) is 0 Å². The molecule has 0 saturated carbocycles. The van der Waals surface area contributed by atoms with E-state index in [4.69, 9.17) is 0 Å². The van der Waals surface area contributed by atoms with Crippen molar-refractivity contribution in [3.05, 3.63) is 30.9 Å². The van der Waals surface area contributed by atoms with E-state index in [-0.39, 0.29) is 5.78 Å². The second-order valence-electron chi connectivity index (χ2n) is 3.18. The van der Waals surface area contributed by atoms with Crippen LogP contribution in [0.15, 0.2) is 26.0 Å². The van der Waals surface area contributed by atoms with Gasteiger partial charge in [0.25, 0.3) is 0 Å².